The fourth-order valence-corrected chi connectivity index (χ4v) is 1.33. The van der Waals surface area contributed by atoms with Crippen LogP contribution in [0.3, 0.4) is 0 Å². The maximum absolute atomic E-state index is 5.65. The second kappa shape index (κ2) is 5.22. The average Bonchev–Trinajstić information content (AvgIpc) is 2.10. The van der Waals surface area contributed by atoms with E-state index in [9.17, 15) is 0 Å². The van der Waals surface area contributed by atoms with Crippen molar-refractivity contribution in [2.24, 2.45) is 0 Å². The van der Waals surface area contributed by atoms with Gasteiger partial charge in [-0.3, -0.25) is 0 Å². The number of nitrogen functional groups attached to an aromatic ring is 1. The van der Waals surface area contributed by atoms with Crippen molar-refractivity contribution in [1.29, 1.82) is 0 Å². The van der Waals surface area contributed by atoms with Crippen LogP contribution in [-0.2, 0) is 0 Å². The molecular weight excluding hydrogens is 244 g/mol. The number of rotatable bonds is 4. The highest BCUT2D eigenvalue weighted by Crippen LogP contribution is 2.26. The predicted octanol–water partition coefficient (Wildman–Crippen LogP) is 1.97. The van der Waals surface area contributed by atoms with Crippen molar-refractivity contribution in [3.63, 3.8) is 0 Å². The van der Waals surface area contributed by atoms with Gasteiger partial charge in [-0.05, 0) is 42.2 Å². The molecule has 0 spiro atoms. The lowest BCUT2D eigenvalue weighted by Crippen LogP contribution is -2.19. The lowest BCUT2D eigenvalue weighted by Gasteiger charge is -2.12. The van der Waals surface area contributed by atoms with Crippen molar-refractivity contribution in [3.8, 4) is 5.75 Å². The van der Waals surface area contributed by atoms with Crippen LogP contribution < -0.4 is 10.5 Å². The van der Waals surface area contributed by atoms with Gasteiger partial charge in [0.15, 0.2) is 0 Å². The molecule has 0 aromatic heterocycles. The molecule has 0 aliphatic rings. The van der Waals surface area contributed by atoms with Gasteiger partial charge in [0.05, 0.1) is 4.47 Å². The van der Waals surface area contributed by atoms with Crippen molar-refractivity contribution in [2.45, 2.75) is 0 Å². The summed E-state index contributed by atoms with van der Waals surface area (Å²) in [5.41, 5.74) is 6.36. The molecule has 1 aromatic carbocycles. The van der Waals surface area contributed by atoms with E-state index in [1.54, 1.807) is 0 Å². The number of hydrogen-bond donors (Lipinski definition) is 1. The molecule has 78 valence electrons. The molecule has 0 unspecified atom stereocenters. The summed E-state index contributed by atoms with van der Waals surface area (Å²) in [5.74, 6) is 0.798. The zero-order valence-corrected chi connectivity index (χ0v) is 10.0. The molecule has 0 radical (unpaired) electrons. The molecule has 1 rings (SSSR count). The largest absolute Gasteiger partial charge is 0.491 e. The van der Waals surface area contributed by atoms with E-state index in [0.717, 1.165) is 16.8 Å². The molecule has 3 nitrogen and oxygen atoms in total. The molecule has 0 amide bonds. The summed E-state index contributed by atoms with van der Waals surface area (Å²) in [6.07, 6.45) is 0. The number of halogens is 1. The third kappa shape index (κ3) is 3.55. The molecule has 4 heteroatoms. The highest BCUT2D eigenvalue weighted by atomic mass is 79.9. The Balaban J connectivity index is 2.53. The second-order valence-electron chi connectivity index (χ2n) is 3.34. The Kier molecular flexibility index (Phi) is 4.22. The van der Waals surface area contributed by atoms with E-state index >= 15 is 0 Å². The number of nitrogens with zero attached hydrogens (tertiary/aromatic N) is 1. The summed E-state index contributed by atoms with van der Waals surface area (Å²) in [6.45, 7) is 1.55. The van der Waals surface area contributed by atoms with Gasteiger partial charge in [0, 0.05) is 18.3 Å². The van der Waals surface area contributed by atoms with Crippen LogP contribution in [0.5, 0.6) is 5.75 Å². The number of benzene rings is 1. The number of anilines is 1. The van der Waals surface area contributed by atoms with Crippen LogP contribution in [0.2, 0.25) is 0 Å². The van der Waals surface area contributed by atoms with E-state index < -0.39 is 0 Å². The molecule has 0 saturated carbocycles. The molecule has 0 atom stereocenters. The van der Waals surface area contributed by atoms with Gasteiger partial charge in [-0.15, -0.1) is 0 Å². The first kappa shape index (κ1) is 11.3. The molecule has 14 heavy (non-hydrogen) atoms. The van der Waals surface area contributed by atoms with E-state index in [0.29, 0.717) is 12.3 Å². The van der Waals surface area contributed by atoms with Gasteiger partial charge in [0.2, 0.25) is 0 Å². The van der Waals surface area contributed by atoms with E-state index in [-0.39, 0.29) is 0 Å². The number of hydrogen-bond acceptors (Lipinski definition) is 3. The third-order valence-electron chi connectivity index (χ3n) is 1.75. The number of nitrogens with two attached hydrogens (primary N) is 1. The quantitative estimate of drug-likeness (QED) is 0.840. The molecule has 0 fully saturated rings. The normalized spacial score (nSPS) is 10.6. The maximum atomic E-state index is 5.65. The molecule has 1 aromatic rings. The van der Waals surface area contributed by atoms with Gasteiger partial charge in [0.25, 0.3) is 0 Å². The summed E-state index contributed by atoms with van der Waals surface area (Å²) < 4.78 is 6.50. The summed E-state index contributed by atoms with van der Waals surface area (Å²) >= 11 is 3.40. The van der Waals surface area contributed by atoms with Gasteiger partial charge in [0.1, 0.15) is 12.4 Å². The van der Waals surface area contributed by atoms with Crippen LogP contribution in [0.15, 0.2) is 22.7 Å². The Morgan fingerprint density at radius 1 is 1.43 bits per heavy atom. The van der Waals surface area contributed by atoms with Crippen LogP contribution in [0.25, 0.3) is 0 Å². The van der Waals surface area contributed by atoms with Gasteiger partial charge in [-0.2, -0.15) is 0 Å². The first-order valence-electron chi connectivity index (χ1n) is 4.42. The van der Waals surface area contributed by atoms with E-state index in [1.165, 1.54) is 0 Å². The Bertz CT molecular complexity index is 302. The van der Waals surface area contributed by atoms with Crippen LogP contribution >= 0.6 is 15.9 Å². The minimum atomic E-state index is 0.662. The smallest absolute Gasteiger partial charge is 0.135 e. The van der Waals surface area contributed by atoms with Crippen LogP contribution in [0.4, 0.5) is 5.69 Å². The zero-order chi connectivity index (χ0) is 10.6. The minimum absolute atomic E-state index is 0.662. The van der Waals surface area contributed by atoms with Gasteiger partial charge < -0.3 is 15.4 Å². The number of ether oxygens (including phenoxy) is 1. The molecular formula is C10H15BrN2O. The maximum Gasteiger partial charge on any atom is 0.135 e. The van der Waals surface area contributed by atoms with Crippen molar-refractivity contribution >= 4 is 21.6 Å². The zero-order valence-electron chi connectivity index (χ0n) is 8.46. The fourth-order valence-electron chi connectivity index (χ4n) is 0.969. The summed E-state index contributed by atoms with van der Waals surface area (Å²) in [5, 5.41) is 0. The summed E-state index contributed by atoms with van der Waals surface area (Å²) in [4.78, 5) is 2.07. The van der Waals surface area contributed by atoms with Crippen molar-refractivity contribution < 1.29 is 4.74 Å². The lowest BCUT2D eigenvalue weighted by molar-refractivity contribution is 0.260. The van der Waals surface area contributed by atoms with Crippen LogP contribution in [0.1, 0.15) is 0 Å². The van der Waals surface area contributed by atoms with Crippen LogP contribution in [-0.4, -0.2) is 32.1 Å². The van der Waals surface area contributed by atoms with Crippen molar-refractivity contribution in [2.75, 3.05) is 33.0 Å². The fraction of sp³-hybridized carbons (Fsp3) is 0.400. The highest BCUT2D eigenvalue weighted by molar-refractivity contribution is 9.10. The van der Waals surface area contributed by atoms with Gasteiger partial charge in [-0.1, -0.05) is 0 Å². The van der Waals surface area contributed by atoms with E-state index in [2.05, 4.69) is 20.8 Å². The van der Waals surface area contributed by atoms with Gasteiger partial charge >= 0.3 is 0 Å². The van der Waals surface area contributed by atoms with Gasteiger partial charge in [-0.25, -0.2) is 0 Å². The molecule has 2 N–H and O–H groups in total. The highest BCUT2D eigenvalue weighted by Gasteiger charge is 2.01. The SMILES string of the molecule is CN(C)CCOc1cc(N)ccc1Br. The molecule has 0 aliphatic heterocycles. The molecule has 0 bridgehead atoms. The number of likely N-dealkylation sites (N-methyl/N-ethyl adjacent to an activating group) is 1. The first-order valence-corrected chi connectivity index (χ1v) is 5.21. The van der Waals surface area contributed by atoms with Crippen molar-refractivity contribution in [1.82, 2.24) is 4.90 Å². The Morgan fingerprint density at radius 2 is 2.14 bits per heavy atom. The Morgan fingerprint density at radius 3 is 2.79 bits per heavy atom. The minimum Gasteiger partial charge on any atom is -0.491 e. The Hall–Kier alpha value is -0.740. The van der Waals surface area contributed by atoms with Crippen LogP contribution in [0, 0.1) is 0 Å². The van der Waals surface area contributed by atoms with Crippen molar-refractivity contribution in [3.05, 3.63) is 22.7 Å². The first-order chi connectivity index (χ1) is 6.59. The predicted molar refractivity (Wildman–Crippen MR) is 62.6 cm³/mol. The topological polar surface area (TPSA) is 38.5 Å². The summed E-state index contributed by atoms with van der Waals surface area (Å²) in [6, 6.07) is 5.54. The molecule has 0 aliphatic carbocycles. The monoisotopic (exact) mass is 258 g/mol. The molecule has 0 saturated heterocycles. The Labute approximate surface area is 93.0 Å². The van der Waals surface area contributed by atoms with E-state index in [1.807, 2.05) is 32.3 Å². The second-order valence-corrected chi connectivity index (χ2v) is 4.20. The average molecular weight is 259 g/mol. The summed E-state index contributed by atoms with van der Waals surface area (Å²) in [7, 11) is 4.02. The lowest BCUT2D eigenvalue weighted by atomic mass is 10.3. The standard InChI is InChI=1S/C10H15BrN2O/c1-13(2)5-6-14-10-7-8(12)3-4-9(10)11/h3-4,7H,5-6,12H2,1-2H3. The molecule has 0 heterocycles. The van der Waals surface area contributed by atoms with E-state index in [4.69, 9.17) is 10.5 Å². The third-order valence-corrected chi connectivity index (χ3v) is 2.41.